The number of nitrogens with one attached hydrogen (secondary N) is 2. The van der Waals surface area contributed by atoms with Gasteiger partial charge in [0.1, 0.15) is 22.6 Å². The number of fused-ring (bicyclic) bond motifs is 6. The molecule has 9 aromatic rings. The topological polar surface area (TPSA) is 187 Å². The number of sulfone groups is 2. The van der Waals surface area contributed by atoms with E-state index in [2.05, 4.69) is 58.6 Å². The van der Waals surface area contributed by atoms with E-state index in [0.29, 0.717) is 33.3 Å². The fourth-order valence-electron chi connectivity index (χ4n) is 7.43. The first-order valence-electron chi connectivity index (χ1n) is 20.1. The normalized spacial score (nSPS) is 11.6. The zero-order valence-electron chi connectivity index (χ0n) is 35.9. The lowest BCUT2D eigenvalue weighted by atomic mass is 10.0. The van der Waals surface area contributed by atoms with Gasteiger partial charge in [0.25, 0.3) is 5.56 Å². The number of rotatable bonds is 9. The maximum atomic E-state index is 13.5. The highest BCUT2D eigenvalue weighted by Crippen LogP contribution is 2.61. The summed E-state index contributed by atoms with van der Waals surface area (Å²) >= 11 is 20.1. The van der Waals surface area contributed by atoms with Crippen LogP contribution in [0.3, 0.4) is 0 Å². The fourth-order valence-corrected chi connectivity index (χ4v) is 9.47. The summed E-state index contributed by atoms with van der Waals surface area (Å²) in [5.41, 5.74) is 8.30. The van der Waals surface area contributed by atoms with E-state index >= 15 is 0 Å². The van der Waals surface area contributed by atoms with Crippen LogP contribution in [0.1, 0.15) is 45.4 Å². The number of methoxy groups -OCH3 is 1. The molecule has 0 fully saturated rings. The molecule has 0 bridgehead atoms. The molecule has 0 aliphatic heterocycles. The van der Waals surface area contributed by atoms with Crippen molar-refractivity contribution in [2.75, 3.05) is 18.6 Å². The molecule has 3 aromatic carbocycles. The summed E-state index contributed by atoms with van der Waals surface area (Å²) in [6.07, 6.45) is 7.02. The minimum atomic E-state index is -3.39. The van der Waals surface area contributed by atoms with Crippen LogP contribution in [0.4, 0.5) is 0 Å². The van der Waals surface area contributed by atoms with E-state index in [0.717, 1.165) is 71.9 Å². The van der Waals surface area contributed by atoms with Crippen LogP contribution in [0.15, 0.2) is 124 Å². The molecule has 20 heteroatoms. The molecule has 68 heavy (non-hydrogen) atoms. The molecular weight excluding hydrogens is 1010 g/mol. The average molecular weight is 1060 g/mol. The molecule has 0 unspecified atom stereocenters. The van der Waals surface area contributed by atoms with E-state index in [4.69, 9.17) is 16.3 Å². The van der Waals surface area contributed by atoms with Crippen molar-refractivity contribution in [3.63, 3.8) is 0 Å². The predicted molar refractivity (Wildman–Crippen MR) is 281 cm³/mol. The number of halogens is 4. The summed E-state index contributed by atoms with van der Waals surface area (Å²) < 4.78 is 66.1. The van der Waals surface area contributed by atoms with Crippen molar-refractivity contribution in [3.05, 3.63) is 142 Å². The average Bonchev–Trinajstić information content (AvgIpc) is 3.87. The quantitative estimate of drug-likeness (QED) is 0.104. The zero-order valence-corrected chi connectivity index (χ0v) is 41.5. The lowest BCUT2D eigenvalue weighted by Gasteiger charge is -2.13. The molecule has 0 aliphatic carbocycles. The first kappa shape index (κ1) is 53.7. The highest BCUT2D eigenvalue weighted by atomic mass is 36.0. The van der Waals surface area contributed by atoms with Gasteiger partial charge in [0.2, 0.25) is 0 Å². The minimum Gasteiger partial charge on any atom is -0.497 e. The van der Waals surface area contributed by atoms with E-state index in [-0.39, 0.29) is 36.8 Å². The van der Waals surface area contributed by atoms with Crippen molar-refractivity contribution in [1.29, 1.82) is 0 Å². The molecule has 0 saturated heterocycles. The second-order valence-electron chi connectivity index (χ2n) is 15.1. The van der Waals surface area contributed by atoms with Gasteiger partial charge in [-0.05, 0) is 124 Å². The molecule has 0 spiro atoms. The first-order chi connectivity index (χ1) is 31.2. The summed E-state index contributed by atoms with van der Waals surface area (Å²) in [6.45, 7) is 7.54. The van der Waals surface area contributed by atoms with Gasteiger partial charge in [-0.2, -0.15) is 0 Å². The fraction of sp³-hybridized carbons (Fsp3) is 0.208. The zero-order chi connectivity index (χ0) is 47.7. The smallest absolute Gasteiger partial charge is 0.339 e. The minimum absolute atomic E-state index is 0. The summed E-state index contributed by atoms with van der Waals surface area (Å²) in [4.78, 5) is 33.7. The highest BCUT2D eigenvalue weighted by Gasteiger charge is 2.21. The molecule has 6 heterocycles. The number of nitrogens with zero attached hydrogens (tertiary/aromatic N) is 4. The molecule has 2 N–H and O–H groups in total. The van der Waals surface area contributed by atoms with E-state index in [9.17, 15) is 26.2 Å². The Balaban J connectivity index is 0.000000232. The Morgan fingerprint density at radius 1 is 0.676 bits per heavy atom. The van der Waals surface area contributed by atoms with Crippen molar-refractivity contribution in [3.8, 4) is 28.0 Å². The third kappa shape index (κ3) is 11.8. The molecular formula is C48H49Cl4N6O7PS2. The van der Waals surface area contributed by atoms with Gasteiger partial charge in [-0.3, -0.25) is 9.36 Å². The summed E-state index contributed by atoms with van der Waals surface area (Å²) in [7, 11) is -5.08. The molecule has 9 rings (SSSR count). The van der Waals surface area contributed by atoms with Gasteiger partial charge in [-0.15, -0.1) is 0 Å². The van der Waals surface area contributed by atoms with Crippen molar-refractivity contribution in [2.24, 2.45) is 0 Å². The van der Waals surface area contributed by atoms with Gasteiger partial charge in [-0.1, -0.05) is 76.7 Å². The standard InChI is InChI=1S/C27H25N3O4S.C19H16ClN3O2S.2CH4.Cl3OP/c1-4-35(32,33)21-7-5-6-19(13-21)23-16-30(15-18-8-10-20(34-3)11-9-18)27(31)25-24(23)22-12-17(2)14-28-26(22)29-25;1-3-26(24,25)13-6-4-5-12(8-13)15-10-21-18(20)17-16(15)14-7-11(2)9-22-19(14)23-17;;;1-5(2,3)4/h5-14,16H,4,15H2,1-3H3,(H,28,29);4-10H,3H2,1-2H3,(H,22,23);2*1H4;. The molecule has 6 aromatic heterocycles. The summed E-state index contributed by atoms with van der Waals surface area (Å²) in [5.74, 6) is 0.809. The van der Waals surface area contributed by atoms with Crippen molar-refractivity contribution < 1.29 is 26.1 Å². The third-order valence-corrected chi connectivity index (χ3v) is 14.4. The van der Waals surface area contributed by atoms with E-state index in [1.165, 1.54) is 0 Å². The maximum absolute atomic E-state index is 13.5. The Kier molecular flexibility index (Phi) is 17.0. The van der Waals surface area contributed by atoms with Crippen molar-refractivity contribution >= 4 is 114 Å². The largest absolute Gasteiger partial charge is 0.497 e. The van der Waals surface area contributed by atoms with Gasteiger partial charge < -0.3 is 19.3 Å². The van der Waals surface area contributed by atoms with Gasteiger partial charge in [0, 0.05) is 57.5 Å². The Morgan fingerprint density at radius 3 is 1.63 bits per heavy atom. The first-order valence-corrected chi connectivity index (χ1v) is 28.2. The molecule has 13 nitrogen and oxygen atoms in total. The van der Waals surface area contributed by atoms with Gasteiger partial charge >= 0.3 is 5.20 Å². The van der Waals surface area contributed by atoms with Crippen LogP contribution in [0.5, 0.6) is 5.75 Å². The number of aryl methyl sites for hydroxylation is 2. The number of benzene rings is 3. The maximum Gasteiger partial charge on any atom is 0.339 e. The third-order valence-electron chi connectivity index (χ3n) is 10.7. The number of hydrogen-bond acceptors (Lipinski definition) is 10. The Bertz CT molecular complexity index is 3640. The SMILES string of the molecule is C.C.CCS(=O)(=O)c1cccc(-c2cn(Cc3ccc(OC)cc3)c(=O)c3[nH]c4ncc(C)cc4c23)c1.CCS(=O)(=O)c1cccc(-c2cnc(Cl)c3[nH]c4ncc(C)cc4c23)c1.O=P(Cl)(Cl)Cl. The van der Waals surface area contributed by atoms with Crippen molar-refractivity contribution in [2.45, 2.75) is 58.9 Å². The van der Waals surface area contributed by atoms with Gasteiger partial charge in [0.15, 0.2) is 24.8 Å². The van der Waals surface area contributed by atoms with E-state index in [1.807, 2.05) is 68.6 Å². The summed E-state index contributed by atoms with van der Waals surface area (Å²) in [5, 5.41) is 0.521. The van der Waals surface area contributed by atoms with Gasteiger partial charge in [-0.25, -0.2) is 31.8 Å². The number of hydrogen-bond donors (Lipinski definition) is 2. The van der Waals surface area contributed by atoms with E-state index in [1.54, 1.807) is 80.5 Å². The number of H-pyrrole nitrogens is 2. The number of ether oxygens (including phenoxy) is 1. The predicted octanol–water partition coefficient (Wildman–Crippen LogP) is 13.3. The van der Waals surface area contributed by atoms with Crippen LogP contribution in [0, 0.1) is 13.8 Å². The Hall–Kier alpha value is -5.25. The molecule has 358 valence electrons. The lowest BCUT2D eigenvalue weighted by Crippen LogP contribution is -2.21. The van der Waals surface area contributed by atoms with Crippen LogP contribution in [-0.4, -0.2) is 64.9 Å². The molecule has 0 aliphatic rings. The number of pyridine rings is 4. The highest BCUT2D eigenvalue weighted by molar-refractivity contribution is 8.24. The van der Waals surface area contributed by atoms with Crippen LogP contribution < -0.4 is 10.3 Å². The van der Waals surface area contributed by atoms with Crippen LogP contribution in [0.2, 0.25) is 5.15 Å². The monoisotopic (exact) mass is 1060 g/mol. The van der Waals surface area contributed by atoms with Crippen LogP contribution in [-0.2, 0) is 30.8 Å². The van der Waals surface area contributed by atoms with Gasteiger partial charge in [0.05, 0.1) is 40.5 Å². The van der Waals surface area contributed by atoms with E-state index < -0.39 is 24.9 Å². The summed E-state index contributed by atoms with van der Waals surface area (Å²) in [6, 6.07) is 25.4. The molecule has 0 atom stereocenters. The second-order valence-corrected chi connectivity index (χ2v) is 26.7. The Labute approximate surface area is 414 Å². The molecule has 0 radical (unpaired) electrons. The number of aromatic amines is 2. The van der Waals surface area contributed by atoms with Crippen molar-refractivity contribution in [1.82, 2.24) is 29.5 Å². The second kappa shape index (κ2) is 21.6. The molecule has 0 saturated carbocycles. The molecule has 0 amide bonds. The van der Waals surface area contributed by atoms with Crippen LogP contribution >= 0.6 is 50.5 Å². The van der Waals surface area contributed by atoms with Crippen LogP contribution in [0.25, 0.3) is 66.1 Å². The number of aromatic nitrogens is 6. The Morgan fingerprint density at radius 2 is 1.15 bits per heavy atom. The lowest BCUT2D eigenvalue weighted by molar-refractivity contribution is 0.414.